The van der Waals surface area contributed by atoms with Crippen molar-refractivity contribution in [2.75, 3.05) is 23.3 Å². The number of anilines is 2. The summed E-state index contributed by atoms with van der Waals surface area (Å²) in [7, 11) is 0. The van der Waals surface area contributed by atoms with Crippen molar-refractivity contribution in [1.29, 1.82) is 0 Å². The normalized spacial score (nSPS) is 17.3. The highest BCUT2D eigenvalue weighted by atomic mass is 19.1. The number of nitrogens with zero attached hydrogens (tertiary/aromatic N) is 4. The van der Waals surface area contributed by atoms with Crippen LogP contribution in [-0.2, 0) is 4.79 Å². The molecule has 1 unspecified atom stereocenters. The molecule has 7 nitrogen and oxygen atoms in total. The molecule has 1 fully saturated rings. The summed E-state index contributed by atoms with van der Waals surface area (Å²) in [6.07, 6.45) is 2.81. The number of hydrogen-bond donors (Lipinski definition) is 1. The van der Waals surface area contributed by atoms with E-state index in [1.165, 1.54) is 6.33 Å². The molecule has 1 aliphatic rings. The van der Waals surface area contributed by atoms with Crippen molar-refractivity contribution in [2.45, 2.75) is 19.8 Å². The molecule has 1 atom stereocenters. The van der Waals surface area contributed by atoms with Gasteiger partial charge in [0.2, 0.25) is 5.91 Å². The number of aromatic nitrogens is 3. The quantitative estimate of drug-likeness (QED) is 0.760. The number of hydrogen-bond acceptors (Lipinski definition) is 6. The Morgan fingerprint density at radius 3 is 3.04 bits per heavy atom. The van der Waals surface area contributed by atoms with Gasteiger partial charge in [0.15, 0.2) is 0 Å². The van der Waals surface area contributed by atoms with Crippen LogP contribution in [0.5, 0.6) is 0 Å². The molecule has 9 heteroatoms. The Bertz CT molecular complexity index is 1010. The van der Waals surface area contributed by atoms with Gasteiger partial charge in [-0.15, -0.1) is 0 Å². The first kappa shape index (κ1) is 17.3. The fraction of sp³-hybridized carbons (Fsp3) is 0.333. The molecule has 0 bridgehead atoms. The number of amides is 1. The monoisotopic (exact) mass is 373 g/mol. The third-order valence-corrected chi connectivity index (χ3v) is 4.70. The number of benzene rings is 1. The summed E-state index contributed by atoms with van der Waals surface area (Å²) < 4.78 is 32.3. The van der Waals surface area contributed by atoms with Crippen LogP contribution < -0.4 is 10.2 Å². The minimum absolute atomic E-state index is 0.156. The summed E-state index contributed by atoms with van der Waals surface area (Å²) >= 11 is 0. The molecule has 1 N–H and O–H groups in total. The van der Waals surface area contributed by atoms with Gasteiger partial charge >= 0.3 is 0 Å². The smallest absolute Gasteiger partial charge is 0.263 e. The third kappa shape index (κ3) is 3.32. The molecule has 0 radical (unpaired) electrons. The van der Waals surface area contributed by atoms with Crippen LogP contribution in [0.3, 0.4) is 0 Å². The lowest BCUT2D eigenvalue weighted by molar-refractivity contribution is -0.120. The number of nitrogens with one attached hydrogen (secondary N) is 1. The predicted octanol–water partition coefficient (Wildman–Crippen LogP) is 3.06. The predicted molar refractivity (Wildman–Crippen MR) is 94.3 cm³/mol. The van der Waals surface area contributed by atoms with Gasteiger partial charge in [-0.25, -0.2) is 13.8 Å². The van der Waals surface area contributed by atoms with E-state index in [1.54, 1.807) is 6.92 Å². The van der Waals surface area contributed by atoms with E-state index < -0.39 is 11.6 Å². The molecule has 0 saturated carbocycles. The zero-order chi connectivity index (χ0) is 19.0. The molecule has 140 valence electrons. The number of aryl methyl sites for hydroxylation is 1. The van der Waals surface area contributed by atoms with Gasteiger partial charge in [0.25, 0.3) is 5.71 Å². The van der Waals surface area contributed by atoms with Crippen LogP contribution in [0.4, 0.5) is 20.3 Å². The highest BCUT2D eigenvalue weighted by Crippen LogP contribution is 2.30. The number of fused-ring (bicyclic) bond motifs is 1. The van der Waals surface area contributed by atoms with Crippen molar-refractivity contribution in [3.8, 4) is 0 Å². The largest absolute Gasteiger partial charge is 0.355 e. The maximum Gasteiger partial charge on any atom is 0.263 e. The van der Waals surface area contributed by atoms with Crippen LogP contribution in [0, 0.1) is 24.5 Å². The Balaban J connectivity index is 1.55. The van der Waals surface area contributed by atoms with E-state index in [-0.39, 0.29) is 17.5 Å². The number of piperidine rings is 1. The number of carbonyl (C=O) groups is 1. The standard InChI is InChI=1S/C18H17F2N5O2/c1-10-15-16(21-9-22-18(15)27-24-10)25-6-2-3-11(8-25)17(26)23-14-7-12(19)4-5-13(14)20/h4-5,7,9,11H,2-3,6,8H2,1H3,(H,23,26). The first-order chi connectivity index (χ1) is 13.0. The van der Waals surface area contributed by atoms with Gasteiger partial charge in [0, 0.05) is 19.2 Å². The summed E-state index contributed by atoms with van der Waals surface area (Å²) in [6.45, 7) is 2.92. The first-order valence-corrected chi connectivity index (χ1v) is 8.61. The average Bonchev–Trinajstić information content (AvgIpc) is 3.06. The molecular weight excluding hydrogens is 356 g/mol. The number of carbonyl (C=O) groups excluding carboxylic acids is 1. The fourth-order valence-electron chi connectivity index (χ4n) is 3.36. The summed E-state index contributed by atoms with van der Waals surface area (Å²) in [5.41, 5.74) is 0.913. The van der Waals surface area contributed by atoms with Crippen molar-refractivity contribution in [1.82, 2.24) is 15.1 Å². The highest BCUT2D eigenvalue weighted by molar-refractivity contribution is 5.94. The molecule has 1 aliphatic heterocycles. The summed E-state index contributed by atoms with van der Waals surface area (Å²) in [6, 6.07) is 2.97. The van der Waals surface area contributed by atoms with Crippen LogP contribution >= 0.6 is 0 Å². The molecule has 2 aromatic heterocycles. The Morgan fingerprint density at radius 2 is 2.19 bits per heavy atom. The zero-order valence-electron chi connectivity index (χ0n) is 14.6. The molecule has 3 heterocycles. The maximum atomic E-state index is 13.8. The molecule has 1 saturated heterocycles. The van der Waals surface area contributed by atoms with Crippen molar-refractivity contribution in [3.05, 3.63) is 41.9 Å². The molecule has 27 heavy (non-hydrogen) atoms. The Kier molecular flexibility index (Phi) is 4.43. The molecule has 4 rings (SSSR count). The van der Waals surface area contributed by atoms with Crippen LogP contribution in [0.2, 0.25) is 0 Å². The molecule has 1 amide bonds. The van der Waals surface area contributed by atoms with E-state index in [1.807, 2.05) is 4.90 Å². The minimum Gasteiger partial charge on any atom is -0.355 e. The Labute approximate surface area is 153 Å². The SMILES string of the molecule is Cc1noc2ncnc(N3CCCC(C(=O)Nc4cc(F)ccc4F)C3)c12. The highest BCUT2D eigenvalue weighted by Gasteiger charge is 2.29. The maximum absolute atomic E-state index is 13.8. The van der Waals surface area contributed by atoms with Gasteiger partial charge in [0.05, 0.1) is 17.3 Å². The Morgan fingerprint density at radius 1 is 1.33 bits per heavy atom. The summed E-state index contributed by atoms with van der Waals surface area (Å²) in [5.74, 6) is -1.35. The molecule has 3 aromatic rings. The van der Waals surface area contributed by atoms with E-state index in [0.29, 0.717) is 30.2 Å². The van der Waals surface area contributed by atoms with E-state index in [0.717, 1.165) is 36.6 Å². The second-order valence-electron chi connectivity index (χ2n) is 6.54. The summed E-state index contributed by atoms with van der Waals surface area (Å²) in [5, 5.41) is 7.13. The van der Waals surface area contributed by atoms with E-state index in [2.05, 4.69) is 20.4 Å². The van der Waals surface area contributed by atoms with Gasteiger partial charge in [0.1, 0.15) is 29.2 Å². The molecule has 0 aliphatic carbocycles. The van der Waals surface area contributed by atoms with Gasteiger partial charge in [-0.1, -0.05) is 5.16 Å². The van der Waals surface area contributed by atoms with Gasteiger partial charge < -0.3 is 14.7 Å². The zero-order valence-corrected chi connectivity index (χ0v) is 14.6. The van der Waals surface area contributed by atoms with Crippen molar-refractivity contribution >= 4 is 28.5 Å². The van der Waals surface area contributed by atoms with Crippen molar-refractivity contribution < 1.29 is 18.1 Å². The lowest BCUT2D eigenvalue weighted by Crippen LogP contribution is -2.41. The topological polar surface area (TPSA) is 84.2 Å². The molecule has 1 aromatic carbocycles. The van der Waals surface area contributed by atoms with Gasteiger partial charge in [-0.3, -0.25) is 4.79 Å². The van der Waals surface area contributed by atoms with Gasteiger partial charge in [-0.05, 0) is 31.9 Å². The van der Waals surface area contributed by atoms with Crippen LogP contribution in [0.25, 0.3) is 11.1 Å². The second kappa shape index (κ2) is 6.90. The van der Waals surface area contributed by atoms with E-state index in [4.69, 9.17) is 4.52 Å². The lowest BCUT2D eigenvalue weighted by atomic mass is 9.96. The van der Waals surface area contributed by atoms with Crippen LogP contribution in [0.1, 0.15) is 18.5 Å². The molecular formula is C18H17F2N5O2. The lowest BCUT2D eigenvalue weighted by Gasteiger charge is -2.33. The van der Waals surface area contributed by atoms with Gasteiger partial charge in [-0.2, -0.15) is 4.98 Å². The number of rotatable bonds is 3. The summed E-state index contributed by atoms with van der Waals surface area (Å²) in [4.78, 5) is 23.0. The van der Waals surface area contributed by atoms with Crippen molar-refractivity contribution in [3.63, 3.8) is 0 Å². The van der Waals surface area contributed by atoms with Crippen LogP contribution in [-0.4, -0.2) is 34.1 Å². The van der Waals surface area contributed by atoms with Crippen molar-refractivity contribution in [2.24, 2.45) is 5.92 Å². The third-order valence-electron chi connectivity index (χ3n) is 4.70. The second-order valence-corrected chi connectivity index (χ2v) is 6.54. The van der Waals surface area contributed by atoms with Crippen LogP contribution in [0.15, 0.2) is 29.0 Å². The number of halogens is 2. The minimum atomic E-state index is -0.671. The van der Waals surface area contributed by atoms with E-state index >= 15 is 0 Å². The Hall–Kier alpha value is -3.10. The average molecular weight is 373 g/mol. The first-order valence-electron chi connectivity index (χ1n) is 8.61. The fourth-order valence-corrected chi connectivity index (χ4v) is 3.36. The van der Waals surface area contributed by atoms with E-state index in [9.17, 15) is 13.6 Å². The molecule has 0 spiro atoms.